The highest BCUT2D eigenvalue weighted by Gasteiger charge is 2.24. The number of aryl methyl sites for hydroxylation is 2. The first-order valence-electron chi connectivity index (χ1n) is 9.89. The van der Waals surface area contributed by atoms with Crippen molar-refractivity contribution in [2.24, 2.45) is 7.05 Å². The Hall–Kier alpha value is -2.84. The van der Waals surface area contributed by atoms with Gasteiger partial charge < -0.3 is 9.64 Å². The Labute approximate surface area is 180 Å². The van der Waals surface area contributed by atoms with E-state index in [0.717, 1.165) is 25.2 Å². The van der Waals surface area contributed by atoms with Crippen LogP contribution in [0.3, 0.4) is 0 Å². The summed E-state index contributed by atoms with van der Waals surface area (Å²) in [4.78, 5) is 17.0. The lowest BCUT2D eigenvalue weighted by molar-refractivity contribution is 0.0621. The molecular weight excluding hydrogens is 404 g/mol. The molecule has 1 fully saturated rings. The van der Waals surface area contributed by atoms with Crippen LogP contribution < -0.4 is 4.74 Å². The SMILES string of the molecule is Cc1cc(OCn2ccc(C(=O)N3CCN(Cc4cnn(C)c4)CC3)n2)ccc1Cl. The smallest absolute Gasteiger partial charge is 0.274 e. The minimum atomic E-state index is -0.0443. The molecule has 2 aromatic heterocycles. The van der Waals surface area contributed by atoms with Crippen molar-refractivity contribution in [3.05, 3.63) is 64.7 Å². The van der Waals surface area contributed by atoms with Gasteiger partial charge in [-0.1, -0.05) is 11.6 Å². The average Bonchev–Trinajstić information content (AvgIpc) is 3.38. The molecule has 1 saturated heterocycles. The molecule has 0 atom stereocenters. The second-order valence-corrected chi connectivity index (χ2v) is 7.92. The predicted molar refractivity (Wildman–Crippen MR) is 113 cm³/mol. The number of rotatable bonds is 6. The summed E-state index contributed by atoms with van der Waals surface area (Å²) in [5, 5.41) is 9.29. The number of benzene rings is 1. The molecule has 0 saturated carbocycles. The first kappa shape index (κ1) is 20.4. The number of amides is 1. The Balaban J connectivity index is 1.28. The van der Waals surface area contributed by atoms with E-state index in [-0.39, 0.29) is 12.6 Å². The summed E-state index contributed by atoms with van der Waals surface area (Å²) in [6.07, 6.45) is 5.67. The van der Waals surface area contributed by atoms with Crippen LogP contribution in [0.25, 0.3) is 0 Å². The van der Waals surface area contributed by atoms with Crippen LogP contribution in [0.2, 0.25) is 5.02 Å². The molecule has 8 nitrogen and oxygen atoms in total. The molecule has 0 spiro atoms. The number of carbonyl (C=O) groups excluding carboxylic acids is 1. The van der Waals surface area contributed by atoms with Gasteiger partial charge in [-0.25, -0.2) is 4.68 Å². The molecule has 1 aliphatic rings. The average molecular weight is 429 g/mol. The van der Waals surface area contributed by atoms with Crippen LogP contribution in [0, 0.1) is 6.92 Å². The molecule has 0 bridgehead atoms. The molecule has 0 radical (unpaired) electrons. The van der Waals surface area contributed by atoms with E-state index in [1.807, 2.05) is 48.1 Å². The van der Waals surface area contributed by atoms with E-state index < -0.39 is 0 Å². The summed E-state index contributed by atoms with van der Waals surface area (Å²) in [5.74, 6) is 0.669. The van der Waals surface area contributed by atoms with E-state index in [4.69, 9.17) is 16.3 Å². The van der Waals surface area contributed by atoms with E-state index in [9.17, 15) is 4.79 Å². The van der Waals surface area contributed by atoms with Gasteiger partial charge in [0, 0.05) is 62.8 Å². The molecule has 1 amide bonds. The molecular formula is C21H25ClN6O2. The van der Waals surface area contributed by atoms with Crippen LogP contribution in [-0.2, 0) is 20.3 Å². The quantitative estimate of drug-likeness (QED) is 0.603. The lowest BCUT2D eigenvalue weighted by Crippen LogP contribution is -2.48. The van der Waals surface area contributed by atoms with Crippen LogP contribution >= 0.6 is 11.6 Å². The number of nitrogens with zero attached hydrogens (tertiary/aromatic N) is 6. The Morgan fingerprint density at radius 2 is 2.00 bits per heavy atom. The number of piperazine rings is 1. The Morgan fingerprint density at radius 1 is 1.20 bits per heavy atom. The zero-order chi connectivity index (χ0) is 21.1. The second-order valence-electron chi connectivity index (χ2n) is 7.52. The second kappa shape index (κ2) is 8.89. The zero-order valence-corrected chi connectivity index (χ0v) is 17.9. The van der Waals surface area contributed by atoms with E-state index in [0.29, 0.717) is 29.6 Å². The third kappa shape index (κ3) is 4.83. The maximum Gasteiger partial charge on any atom is 0.274 e. The molecule has 158 valence electrons. The molecule has 0 aliphatic carbocycles. The number of hydrogen-bond donors (Lipinski definition) is 0. The van der Waals surface area contributed by atoms with Crippen LogP contribution in [-0.4, -0.2) is 61.4 Å². The first-order chi connectivity index (χ1) is 14.5. The molecule has 1 aromatic carbocycles. The maximum absolute atomic E-state index is 12.8. The van der Waals surface area contributed by atoms with Crippen LogP contribution in [0.15, 0.2) is 42.9 Å². The van der Waals surface area contributed by atoms with Gasteiger partial charge >= 0.3 is 0 Å². The summed E-state index contributed by atoms with van der Waals surface area (Å²) in [5.41, 5.74) is 2.58. The highest BCUT2D eigenvalue weighted by atomic mass is 35.5. The van der Waals surface area contributed by atoms with Gasteiger partial charge in [0.15, 0.2) is 12.4 Å². The summed E-state index contributed by atoms with van der Waals surface area (Å²) < 4.78 is 9.17. The van der Waals surface area contributed by atoms with Crippen molar-refractivity contribution in [2.75, 3.05) is 26.2 Å². The van der Waals surface area contributed by atoms with Crippen LogP contribution in [0.1, 0.15) is 21.6 Å². The van der Waals surface area contributed by atoms with E-state index in [1.54, 1.807) is 23.0 Å². The van der Waals surface area contributed by atoms with Gasteiger partial charge in [-0.3, -0.25) is 14.4 Å². The first-order valence-corrected chi connectivity index (χ1v) is 10.3. The standard InChI is InChI=1S/C21H25ClN6O2/c1-16-11-18(3-4-19(16)22)30-15-28-6-5-20(24-28)21(29)27-9-7-26(8-10-27)14-17-12-23-25(2)13-17/h3-6,11-13H,7-10,14-15H2,1-2H3. The van der Waals surface area contributed by atoms with Crippen molar-refractivity contribution >= 4 is 17.5 Å². The third-order valence-electron chi connectivity index (χ3n) is 5.18. The van der Waals surface area contributed by atoms with Crippen molar-refractivity contribution in [1.82, 2.24) is 29.4 Å². The minimum Gasteiger partial charge on any atom is -0.471 e. The number of aromatic nitrogens is 4. The lowest BCUT2D eigenvalue weighted by atomic mass is 10.2. The van der Waals surface area contributed by atoms with Gasteiger partial charge in [0.2, 0.25) is 0 Å². The predicted octanol–water partition coefficient (Wildman–Crippen LogP) is 2.57. The highest BCUT2D eigenvalue weighted by Crippen LogP contribution is 2.21. The topological polar surface area (TPSA) is 68.4 Å². The third-order valence-corrected chi connectivity index (χ3v) is 5.60. The Kier molecular flexibility index (Phi) is 6.06. The molecule has 3 heterocycles. The van der Waals surface area contributed by atoms with E-state index in [1.165, 1.54) is 5.56 Å². The van der Waals surface area contributed by atoms with Gasteiger partial charge in [0.25, 0.3) is 5.91 Å². The molecule has 4 rings (SSSR count). The monoisotopic (exact) mass is 428 g/mol. The molecule has 1 aliphatic heterocycles. The van der Waals surface area contributed by atoms with Gasteiger partial charge in [-0.05, 0) is 36.8 Å². The molecule has 3 aromatic rings. The fraction of sp³-hybridized carbons (Fsp3) is 0.381. The van der Waals surface area contributed by atoms with Gasteiger partial charge in [0.1, 0.15) is 5.75 Å². The minimum absolute atomic E-state index is 0.0443. The fourth-order valence-corrected chi connectivity index (χ4v) is 3.60. The van der Waals surface area contributed by atoms with Crippen molar-refractivity contribution in [3.63, 3.8) is 0 Å². The molecule has 0 N–H and O–H groups in total. The summed E-state index contributed by atoms with van der Waals surface area (Å²) in [6.45, 7) is 6.05. The zero-order valence-electron chi connectivity index (χ0n) is 17.2. The number of ether oxygens (including phenoxy) is 1. The van der Waals surface area contributed by atoms with Crippen molar-refractivity contribution < 1.29 is 9.53 Å². The Bertz CT molecular complexity index is 1020. The Morgan fingerprint density at radius 3 is 2.70 bits per heavy atom. The fourth-order valence-electron chi connectivity index (χ4n) is 3.48. The largest absolute Gasteiger partial charge is 0.471 e. The summed E-state index contributed by atoms with van der Waals surface area (Å²) in [7, 11) is 1.92. The number of carbonyl (C=O) groups is 1. The lowest BCUT2D eigenvalue weighted by Gasteiger charge is -2.34. The van der Waals surface area contributed by atoms with E-state index >= 15 is 0 Å². The van der Waals surface area contributed by atoms with E-state index in [2.05, 4.69) is 15.1 Å². The normalized spacial score (nSPS) is 14.8. The van der Waals surface area contributed by atoms with Crippen molar-refractivity contribution in [1.29, 1.82) is 0 Å². The van der Waals surface area contributed by atoms with Gasteiger partial charge in [0.05, 0.1) is 6.20 Å². The number of hydrogen-bond acceptors (Lipinski definition) is 5. The maximum atomic E-state index is 12.8. The summed E-state index contributed by atoms with van der Waals surface area (Å²) in [6, 6.07) is 7.23. The summed E-state index contributed by atoms with van der Waals surface area (Å²) >= 11 is 6.04. The molecule has 9 heteroatoms. The molecule has 0 unspecified atom stereocenters. The highest BCUT2D eigenvalue weighted by molar-refractivity contribution is 6.31. The van der Waals surface area contributed by atoms with Gasteiger partial charge in [-0.2, -0.15) is 10.2 Å². The van der Waals surface area contributed by atoms with Crippen molar-refractivity contribution in [2.45, 2.75) is 20.2 Å². The van der Waals surface area contributed by atoms with Crippen LogP contribution in [0.4, 0.5) is 0 Å². The van der Waals surface area contributed by atoms with Gasteiger partial charge in [-0.15, -0.1) is 0 Å². The number of halogens is 1. The molecule has 30 heavy (non-hydrogen) atoms. The van der Waals surface area contributed by atoms with Crippen molar-refractivity contribution in [3.8, 4) is 5.75 Å². The van der Waals surface area contributed by atoms with Crippen LogP contribution in [0.5, 0.6) is 5.75 Å².